The Labute approximate surface area is 106 Å². The van der Waals surface area contributed by atoms with Crippen LogP contribution in [0.3, 0.4) is 0 Å². The van der Waals surface area contributed by atoms with E-state index < -0.39 is 0 Å². The van der Waals surface area contributed by atoms with E-state index in [0.717, 1.165) is 17.9 Å². The molecule has 1 aliphatic carbocycles. The van der Waals surface area contributed by atoms with Gasteiger partial charge in [0.05, 0.1) is 0 Å². The summed E-state index contributed by atoms with van der Waals surface area (Å²) in [4.78, 5) is 0. The van der Waals surface area contributed by atoms with Gasteiger partial charge in [-0.25, -0.2) is 0 Å². The van der Waals surface area contributed by atoms with E-state index in [2.05, 4.69) is 50.4 Å². The number of nitrogens with one attached hydrogen (secondary N) is 1. The first-order valence-corrected chi connectivity index (χ1v) is 6.94. The minimum Gasteiger partial charge on any atom is -0.314 e. The Morgan fingerprint density at radius 3 is 2.65 bits per heavy atom. The molecule has 1 heteroatoms. The topological polar surface area (TPSA) is 12.0 Å². The van der Waals surface area contributed by atoms with Crippen molar-refractivity contribution in [3.63, 3.8) is 0 Å². The van der Waals surface area contributed by atoms with E-state index in [1.54, 1.807) is 0 Å². The minimum absolute atomic E-state index is 0.753. The smallest absolute Gasteiger partial charge is 0.00683 e. The van der Waals surface area contributed by atoms with Crippen LogP contribution in [-0.4, -0.2) is 12.6 Å². The monoisotopic (exact) mass is 231 g/mol. The summed E-state index contributed by atoms with van der Waals surface area (Å²) in [6.45, 7) is 8.10. The SMILES string of the molecule is Cc1cccc(CC(C)C(C)CNC2CC2)c1. The Balaban J connectivity index is 1.80. The van der Waals surface area contributed by atoms with Crippen molar-refractivity contribution >= 4 is 0 Å². The molecule has 1 saturated carbocycles. The van der Waals surface area contributed by atoms with Gasteiger partial charge in [0, 0.05) is 6.04 Å². The Hall–Kier alpha value is -0.820. The van der Waals surface area contributed by atoms with Gasteiger partial charge in [0.15, 0.2) is 0 Å². The molecule has 0 aliphatic heterocycles. The zero-order chi connectivity index (χ0) is 12.3. The zero-order valence-electron chi connectivity index (χ0n) is 11.4. The second kappa shape index (κ2) is 5.68. The van der Waals surface area contributed by atoms with Gasteiger partial charge in [-0.3, -0.25) is 0 Å². The van der Waals surface area contributed by atoms with Gasteiger partial charge >= 0.3 is 0 Å². The Morgan fingerprint density at radius 2 is 2.00 bits per heavy atom. The van der Waals surface area contributed by atoms with Crippen molar-refractivity contribution in [2.45, 2.75) is 46.1 Å². The summed E-state index contributed by atoms with van der Waals surface area (Å²) in [7, 11) is 0. The number of aryl methyl sites for hydroxylation is 1. The molecule has 0 bridgehead atoms. The van der Waals surface area contributed by atoms with Gasteiger partial charge in [-0.2, -0.15) is 0 Å². The second-order valence-electron chi connectivity index (χ2n) is 5.83. The van der Waals surface area contributed by atoms with Crippen LogP contribution in [0.2, 0.25) is 0 Å². The molecule has 0 amide bonds. The highest BCUT2D eigenvalue weighted by Gasteiger charge is 2.22. The molecule has 1 N–H and O–H groups in total. The average molecular weight is 231 g/mol. The van der Waals surface area contributed by atoms with E-state index in [4.69, 9.17) is 0 Å². The normalized spacial score (nSPS) is 19.0. The third-order valence-electron chi connectivity index (χ3n) is 3.92. The van der Waals surface area contributed by atoms with Crippen LogP contribution in [0.25, 0.3) is 0 Å². The Morgan fingerprint density at radius 1 is 1.24 bits per heavy atom. The Bertz CT molecular complexity index is 354. The van der Waals surface area contributed by atoms with Gasteiger partial charge in [-0.1, -0.05) is 43.7 Å². The fourth-order valence-electron chi connectivity index (χ4n) is 2.25. The maximum atomic E-state index is 3.63. The lowest BCUT2D eigenvalue weighted by atomic mass is 9.89. The van der Waals surface area contributed by atoms with Crippen molar-refractivity contribution in [1.29, 1.82) is 0 Å². The van der Waals surface area contributed by atoms with Crippen molar-refractivity contribution in [3.05, 3.63) is 35.4 Å². The number of hydrogen-bond donors (Lipinski definition) is 1. The fraction of sp³-hybridized carbons (Fsp3) is 0.625. The number of hydrogen-bond acceptors (Lipinski definition) is 1. The zero-order valence-corrected chi connectivity index (χ0v) is 11.4. The van der Waals surface area contributed by atoms with Crippen LogP contribution in [0.15, 0.2) is 24.3 Å². The van der Waals surface area contributed by atoms with Crippen molar-refractivity contribution in [1.82, 2.24) is 5.32 Å². The predicted octanol–water partition coefficient (Wildman–Crippen LogP) is 3.56. The lowest BCUT2D eigenvalue weighted by Gasteiger charge is -2.20. The fourth-order valence-corrected chi connectivity index (χ4v) is 2.25. The molecular formula is C16H25N. The van der Waals surface area contributed by atoms with E-state index in [9.17, 15) is 0 Å². The molecule has 1 aromatic rings. The summed E-state index contributed by atoms with van der Waals surface area (Å²) >= 11 is 0. The number of rotatable bonds is 6. The first kappa shape index (κ1) is 12.6. The van der Waals surface area contributed by atoms with E-state index in [1.165, 1.54) is 36.9 Å². The molecule has 2 rings (SSSR count). The van der Waals surface area contributed by atoms with Crippen LogP contribution in [-0.2, 0) is 6.42 Å². The first-order valence-electron chi connectivity index (χ1n) is 6.94. The van der Waals surface area contributed by atoms with Gasteiger partial charge in [-0.05, 0) is 50.1 Å². The molecule has 0 heterocycles. The predicted molar refractivity (Wildman–Crippen MR) is 74.2 cm³/mol. The minimum atomic E-state index is 0.753. The third-order valence-corrected chi connectivity index (χ3v) is 3.92. The molecule has 0 aromatic heterocycles. The van der Waals surface area contributed by atoms with Gasteiger partial charge in [0.25, 0.3) is 0 Å². The van der Waals surface area contributed by atoms with Gasteiger partial charge in [0.1, 0.15) is 0 Å². The maximum Gasteiger partial charge on any atom is 0.00683 e. The molecule has 0 radical (unpaired) electrons. The van der Waals surface area contributed by atoms with Crippen LogP contribution in [0.5, 0.6) is 0 Å². The van der Waals surface area contributed by atoms with Crippen molar-refractivity contribution in [2.75, 3.05) is 6.54 Å². The largest absolute Gasteiger partial charge is 0.314 e. The van der Waals surface area contributed by atoms with Crippen molar-refractivity contribution < 1.29 is 0 Å². The molecule has 1 nitrogen and oxygen atoms in total. The molecule has 1 aromatic carbocycles. The highest BCUT2D eigenvalue weighted by Crippen LogP contribution is 2.21. The van der Waals surface area contributed by atoms with Crippen molar-refractivity contribution in [2.24, 2.45) is 11.8 Å². The van der Waals surface area contributed by atoms with Gasteiger partial charge < -0.3 is 5.32 Å². The maximum absolute atomic E-state index is 3.63. The highest BCUT2D eigenvalue weighted by molar-refractivity contribution is 5.22. The molecule has 1 fully saturated rings. The summed E-state index contributed by atoms with van der Waals surface area (Å²) in [6.07, 6.45) is 3.98. The summed E-state index contributed by atoms with van der Waals surface area (Å²) in [5, 5.41) is 3.63. The molecule has 0 saturated heterocycles. The number of benzene rings is 1. The molecule has 2 atom stereocenters. The summed E-state index contributed by atoms with van der Waals surface area (Å²) < 4.78 is 0. The standard InChI is InChI=1S/C16H25N/c1-12-5-4-6-15(9-12)10-13(2)14(3)11-17-16-7-8-16/h4-6,9,13-14,16-17H,7-8,10-11H2,1-3H3. The van der Waals surface area contributed by atoms with E-state index in [-0.39, 0.29) is 0 Å². The van der Waals surface area contributed by atoms with Crippen molar-refractivity contribution in [3.8, 4) is 0 Å². The summed E-state index contributed by atoms with van der Waals surface area (Å²) in [5.41, 5.74) is 2.86. The second-order valence-corrected chi connectivity index (χ2v) is 5.83. The first-order chi connectivity index (χ1) is 8.15. The molecule has 0 spiro atoms. The van der Waals surface area contributed by atoms with Crippen LogP contribution in [0.1, 0.15) is 37.8 Å². The van der Waals surface area contributed by atoms with Crippen LogP contribution in [0.4, 0.5) is 0 Å². The molecule has 94 valence electrons. The van der Waals surface area contributed by atoms with Crippen LogP contribution < -0.4 is 5.32 Å². The summed E-state index contributed by atoms with van der Waals surface area (Å²) in [6, 6.07) is 9.75. The summed E-state index contributed by atoms with van der Waals surface area (Å²) in [5.74, 6) is 1.51. The molecule has 17 heavy (non-hydrogen) atoms. The van der Waals surface area contributed by atoms with E-state index in [1.807, 2.05) is 0 Å². The lowest BCUT2D eigenvalue weighted by molar-refractivity contribution is 0.364. The van der Waals surface area contributed by atoms with E-state index >= 15 is 0 Å². The lowest BCUT2D eigenvalue weighted by Crippen LogP contribution is -2.27. The quantitative estimate of drug-likeness (QED) is 0.789. The van der Waals surface area contributed by atoms with Crippen LogP contribution >= 0.6 is 0 Å². The molecular weight excluding hydrogens is 206 g/mol. The van der Waals surface area contributed by atoms with E-state index in [0.29, 0.717) is 0 Å². The van der Waals surface area contributed by atoms with Gasteiger partial charge in [0.2, 0.25) is 0 Å². The highest BCUT2D eigenvalue weighted by atomic mass is 14.9. The Kier molecular flexibility index (Phi) is 4.22. The molecule has 2 unspecified atom stereocenters. The van der Waals surface area contributed by atoms with Gasteiger partial charge in [-0.15, -0.1) is 0 Å². The third kappa shape index (κ3) is 4.16. The van der Waals surface area contributed by atoms with Crippen LogP contribution in [0, 0.1) is 18.8 Å². The molecule has 1 aliphatic rings. The average Bonchev–Trinajstić information content (AvgIpc) is 3.09.